The van der Waals surface area contributed by atoms with Gasteiger partial charge in [-0.15, -0.1) is 0 Å². The minimum atomic E-state index is 0.622. The van der Waals surface area contributed by atoms with Crippen molar-refractivity contribution in [1.82, 2.24) is 23.7 Å². The van der Waals surface area contributed by atoms with Crippen molar-refractivity contribution in [3.05, 3.63) is 200 Å². The number of rotatable bonds is 5. The summed E-state index contributed by atoms with van der Waals surface area (Å²) in [6.45, 7) is 0. The molecule has 0 atom stereocenters. The number of hydrogen-bond donors (Lipinski definition) is 0. The Balaban J connectivity index is 1.32. The number of hydrogen-bond acceptors (Lipinski definition) is 2. The Labute approximate surface area is 328 Å². The molecule has 8 aromatic carbocycles. The van der Waals surface area contributed by atoms with Gasteiger partial charge in [0.25, 0.3) is 0 Å². The Kier molecular flexibility index (Phi) is 6.86. The second kappa shape index (κ2) is 12.4. The van der Waals surface area contributed by atoms with Gasteiger partial charge in [0, 0.05) is 49.1 Å². The van der Waals surface area contributed by atoms with Gasteiger partial charge in [0.1, 0.15) is 0 Å². The van der Waals surface area contributed by atoms with Gasteiger partial charge in [-0.2, -0.15) is 0 Å². The van der Waals surface area contributed by atoms with Crippen LogP contribution in [-0.2, 0) is 0 Å². The lowest BCUT2D eigenvalue weighted by Gasteiger charge is -2.16. The second-order valence-corrected chi connectivity index (χ2v) is 14.6. The average molecular weight is 728 g/mol. The Hall–Kier alpha value is -7.76. The van der Waals surface area contributed by atoms with E-state index >= 15 is 0 Å². The van der Waals surface area contributed by atoms with Crippen LogP contribution in [-0.4, -0.2) is 23.7 Å². The molecule has 5 nitrogen and oxygen atoms in total. The van der Waals surface area contributed by atoms with Crippen LogP contribution in [0.4, 0.5) is 0 Å². The molecule has 0 saturated carbocycles. The highest BCUT2D eigenvalue weighted by Crippen LogP contribution is 2.46. The predicted molar refractivity (Wildman–Crippen MR) is 236 cm³/mol. The fraction of sp³-hybridized carbons (Fsp3) is 0. The summed E-state index contributed by atoms with van der Waals surface area (Å²) in [7, 11) is 0. The number of nitrogens with zero attached hydrogens (tertiary/aromatic N) is 5. The average Bonchev–Trinajstić information content (AvgIpc) is 3.93. The zero-order valence-electron chi connectivity index (χ0n) is 30.8. The van der Waals surface area contributed by atoms with Crippen molar-refractivity contribution in [1.29, 1.82) is 0 Å². The molecule has 0 spiro atoms. The molecule has 4 heterocycles. The SMILES string of the molecule is c1ccc(-c2cc(-c3ccccc3)nc(-n3c4ccccc4c4cc(-n5c6ccccc6c6ccccc65)c5c6ccccc6n(-c6ccccc6)c5c43)n2)cc1. The topological polar surface area (TPSA) is 40.6 Å². The Morgan fingerprint density at radius 2 is 0.737 bits per heavy atom. The Morgan fingerprint density at radius 1 is 0.316 bits per heavy atom. The van der Waals surface area contributed by atoms with Gasteiger partial charge in [0.2, 0.25) is 5.95 Å². The molecule has 12 rings (SSSR count). The third-order valence-corrected chi connectivity index (χ3v) is 11.4. The van der Waals surface area contributed by atoms with Gasteiger partial charge in [0.05, 0.1) is 50.2 Å². The van der Waals surface area contributed by atoms with Crippen LogP contribution in [0.15, 0.2) is 200 Å². The lowest BCUT2D eigenvalue weighted by Crippen LogP contribution is -2.05. The summed E-state index contributed by atoms with van der Waals surface area (Å²) in [6, 6.07) is 71.2. The quantitative estimate of drug-likeness (QED) is 0.177. The Morgan fingerprint density at radius 3 is 1.28 bits per heavy atom. The van der Waals surface area contributed by atoms with Crippen molar-refractivity contribution >= 4 is 65.4 Å². The maximum absolute atomic E-state index is 5.43. The predicted octanol–water partition coefficient (Wildman–Crippen LogP) is 13.1. The number of para-hydroxylation sites is 5. The molecule has 0 radical (unpaired) electrons. The highest BCUT2D eigenvalue weighted by Gasteiger charge is 2.27. The van der Waals surface area contributed by atoms with Crippen molar-refractivity contribution in [3.63, 3.8) is 0 Å². The standard InChI is InChI=1S/C52H33N5/c1-4-18-34(19-5-1)42-33-43(35-20-6-2-7-21-35)54-52(53-42)57-46-30-16-12-26-39(46)41-32-48(56-44-28-14-10-24-37(44)38-25-11-15-29-45(38)56)49-40-27-13-17-31-47(40)55(51(49)50(41)57)36-22-8-3-9-23-36/h1-33H. The van der Waals surface area contributed by atoms with E-state index in [1.165, 1.54) is 32.6 Å². The van der Waals surface area contributed by atoms with E-state index < -0.39 is 0 Å². The van der Waals surface area contributed by atoms with Crippen LogP contribution in [0.25, 0.3) is 105 Å². The van der Waals surface area contributed by atoms with E-state index in [0.717, 1.165) is 66.7 Å². The highest BCUT2D eigenvalue weighted by molar-refractivity contribution is 6.27. The normalized spacial score (nSPS) is 11.9. The van der Waals surface area contributed by atoms with Gasteiger partial charge in [-0.25, -0.2) is 9.97 Å². The second-order valence-electron chi connectivity index (χ2n) is 14.6. The molecule has 0 aliphatic carbocycles. The highest BCUT2D eigenvalue weighted by atomic mass is 15.2. The summed E-state index contributed by atoms with van der Waals surface area (Å²) < 4.78 is 7.22. The van der Waals surface area contributed by atoms with E-state index in [1.54, 1.807) is 0 Å². The fourth-order valence-corrected chi connectivity index (χ4v) is 9.04. The van der Waals surface area contributed by atoms with E-state index in [2.05, 4.69) is 202 Å². The van der Waals surface area contributed by atoms with Crippen LogP contribution in [0.5, 0.6) is 0 Å². The van der Waals surface area contributed by atoms with Crippen molar-refractivity contribution in [2.45, 2.75) is 0 Å². The molecular weight excluding hydrogens is 695 g/mol. The van der Waals surface area contributed by atoms with Crippen LogP contribution in [0, 0.1) is 0 Å². The molecule has 0 fully saturated rings. The van der Waals surface area contributed by atoms with Gasteiger partial charge < -0.3 is 9.13 Å². The van der Waals surface area contributed by atoms with E-state index in [1.807, 2.05) is 12.1 Å². The van der Waals surface area contributed by atoms with E-state index in [0.29, 0.717) is 5.95 Å². The van der Waals surface area contributed by atoms with Gasteiger partial charge in [-0.3, -0.25) is 4.57 Å². The summed E-state index contributed by atoms with van der Waals surface area (Å²) in [6.07, 6.45) is 0. The molecule has 266 valence electrons. The molecule has 5 heteroatoms. The molecule has 0 aliphatic heterocycles. The number of benzene rings is 8. The first-order chi connectivity index (χ1) is 28.3. The van der Waals surface area contributed by atoms with Crippen molar-refractivity contribution < 1.29 is 0 Å². The first-order valence-electron chi connectivity index (χ1n) is 19.4. The van der Waals surface area contributed by atoms with Crippen molar-refractivity contribution in [2.75, 3.05) is 0 Å². The van der Waals surface area contributed by atoms with Gasteiger partial charge in [-0.1, -0.05) is 152 Å². The van der Waals surface area contributed by atoms with Crippen LogP contribution >= 0.6 is 0 Å². The first-order valence-corrected chi connectivity index (χ1v) is 19.4. The molecule has 0 aliphatic rings. The van der Waals surface area contributed by atoms with Crippen molar-refractivity contribution in [3.8, 4) is 39.8 Å². The zero-order chi connectivity index (χ0) is 37.5. The van der Waals surface area contributed by atoms with Crippen molar-refractivity contribution in [2.24, 2.45) is 0 Å². The monoisotopic (exact) mass is 727 g/mol. The van der Waals surface area contributed by atoms with Gasteiger partial charge >= 0.3 is 0 Å². The van der Waals surface area contributed by atoms with E-state index in [4.69, 9.17) is 9.97 Å². The van der Waals surface area contributed by atoms with Crippen LogP contribution < -0.4 is 0 Å². The minimum absolute atomic E-state index is 0.622. The first kappa shape index (κ1) is 31.6. The smallest absolute Gasteiger partial charge is 0.235 e. The van der Waals surface area contributed by atoms with E-state index in [9.17, 15) is 0 Å². The summed E-state index contributed by atoms with van der Waals surface area (Å²) in [5.74, 6) is 0.622. The molecule has 0 bridgehead atoms. The largest absolute Gasteiger partial charge is 0.309 e. The van der Waals surface area contributed by atoms with Crippen LogP contribution in [0.2, 0.25) is 0 Å². The van der Waals surface area contributed by atoms with E-state index in [-0.39, 0.29) is 0 Å². The van der Waals surface area contributed by atoms with Crippen LogP contribution in [0.1, 0.15) is 0 Å². The lowest BCUT2D eigenvalue weighted by atomic mass is 10.1. The fourth-order valence-electron chi connectivity index (χ4n) is 9.04. The summed E-state index contributed by atoms with van der Waals surface area (Å²) in [5.41, 5.74) is 12.7. The number of aromatic nitrogens is 5. The summed E-state index contributed by atoms with van der Waals surface area (Å²) in [4.78, 5) is 10.9. The van der Waals surface area contributed by atoms with Crippen LogP contribution in [0.3, 0.4) is 0 Å². The number of fused-ring (bicyclic) bond motifs is 10. The molecule has 0 unspecified atom stereocenters. The van der Waals surface area contributed by atoms with Gasteiger partial charge in [0.15, 0.2) is 0 Å². The molecule has 0 amide bonds. The molecule has 12 aromatic rings. The summed E-state index contributed by atoms with van der Waals surface area (Å²) >= 11 is 0. The molecular formula is C52H33N5. The summed E-state index contributed by atoms with van der Waals surface area (Å²) in [5, 5.41) is 7.07. The molecule has 0 N–H and O–H groups in total. The lowest BCUT2D eigenvalue weighted by molar-refractivity contribution is 0.995. The molecule has 4 aromatic heterocycles. The Bertz CT molecular complexity index is 3390. The maximum atomic E-state index is 5.43. The minimum Gasteiger partial charge on any atom is -0.309 e. The molecule has 0 saturated heterocycles. The third kappa shape index (κ3) is 4.69. The third-order valence-electron chi connectivity index (χ3n) is 11.4. The zero-order valence-corrected chi connectivity index (χ0v) is 30.8. The van der Waals surface area contributed by atoms with Gasteiger partial charge in [-0.05, 0) is 48.5 Å². The molecule has 57 heavy (non-hydrogen) atoms. The maximum Gasteiger partial charge on any atom is 0.235 e.